The second-order valence-corrected chi connectivity index (χ2v) is 4.59. The molecule has 1 aliphatic rings. The van der Waals surface area contributed by atoms with Crippen LogP contribution >= 0.6 is 0 Å². The SMILES string of the molecule is COCCCC(NC(=O)C1OCCC1C)C(=O)O. The molecule has 6 nitrogen and oxygen atoms in total. The molecule has 1 aliphatic heterocycles. The first-order valence-corrected chi connectivity index (χ1v) is 6.20. The third kappa shape index (κ3) is 4.27. The van der Waals surface area contributed by atoms with Crippen LogP contribution in [0.4, 0.5) is 0 Å². The number of ether oxygens (including phenoxy) is 2. The minimum atomic E-state index is -1.02. The van der Waals surface area contributed by atoms with Gasteiger partial charge in [0.15, 0.2) is 0 Å². The summed E-state index contributed by atoms with van der Waals surface area (Å²) in [6, 6.07) is -0.871. The number of amides is 1. The molecule has 1 fully saturated rings. The number of carboxylic acid groups (broad SMARTS) is 1. The van der Waals surface area contributed by atoms with E-state index in [0.717, 1.165) is 6.42 Å². The summed E-state index contributed by atoms with van der Waals surface area (Å²) in [6.07, 6.45) is 1.26. The minimum absolute atomic E-state index is 0.137. The molecule has 0 aromatic carbocycles. The van der Waals surface area contributed by atoms with Gasteiger partial charge in [-0.3, -0.25) is 4.79 Å². The molecule has 18 heavy (non-hydrogen) atoms. The Labute approximate surface area is 107 Å². The molecule has 0 radical (unpaired) electrons. The lowest BCUT2D eigenvalue weighted by atomic mass is 10.0. The first-order valence-electron chi connectivity index (χ1n) is 6.20. The summed E-state index contributed by atoms with van der Waals surface area (Å²) < 4.78 is 10.2. The molecule has 0 aromatic heterocycles. The molecule has 1 amide bonds. The largest absolute Gasteiger partial charge is 0.480 e. The van der Waals surface area contributed by atoms with Gasteiger partial charge in [0.1, 0.15) is 12.1 Å². The first-order chi connectivity index (χ1) is 8.56. The Morgan fingerprint density at radius 3 is 2.78 bits per heavy atom. The molecule has 3 unspecified atom stereocenters. The van der Waals surface area contributed by atoms with E-state index in [1.54, 1.807) is 7.11 Å². The smallest absolute Gasteiger partial charge is 0.326 e. The summed E-state index contributed by atoms with van der Waals surface area (Å²) in [5, 5.41) is 11.6. The average Bonchev–Trinajstić information content (AvgIpc) is 2.74. The zero-order valence-electron chi connectivity index (χ0n) is 10.8. The summed E-state index contributed by atoms with van der Waals surface area (Å²) in [4.78, 5) is 22.9. The number of carbonyl (C=O) groups is 2. The maximum atomic E-state index is 11.9. The quantitative estimate of drug-likeness (QED) is 0.647. The molecule has 6 heteroatoms. The van der Waals surface area contributed by atoms with Crippen LogP contribution in [-0.2, 0) is 19.1 Å². The third-order valence-electron chi connectivity index (χ3n) is 3.10. The molecule has 1 heterocycles. The van der Waals surface area contributed by atoms with E-state index in [9.17, 15) is 9.59 Å². The van der Waals surface area contributed by atoms with E-state index in [0.29, 0.717) is 26.1 Å². The van der Waals surface area contributed by atoms with Crippen LogP contribution in [0.3, 0.4) is 0 Å². The molecule has 104 valence electrons. The predicted molar refractivity (Wildman–Crippen MR) is 64.2 cm³/mol. The van der Waals surface area contributed by atoms with E-state index >= 15 is 0 Å². The van der Waals surface area contributed by atoms with Crippen LogP contribution in [-0.4, -0.2) is 49.5 Å². The number of hydrogen-bond donors (Lipinski definition) is 2. The van der Waals surface area contributed by atoms with Gasteiger partial charge < -0.3 is 19.9 Å². The Balaban J connectivity index is 2.44. The van der Waals surface area contributed by atoms with Crippen LogP contribution in [0.2, 0.25) is 0 Å². The van der Waals surface area contributed by atoms with E-state index in [-0.39, 0.29) is 11.8 Å². The van der Waals surface area contributed by atoms with Crippen molar-refractivity contribution in [2.24, 2.45) is 5.92 Å². The van der Waals surface area contributed by atoms with Crippen molar-refractivity contribution in [2.45, 2.75) is 38.3 Å². The molecule has 1 rings (SSSR count). The lowest BCUT2D eigenvalue weighted by molar-refractivity contribution is -0.144. The summed E-state index contributed by atoms with van der Waals surface area (Å²) >= 11 is 0. The van der Waals surface area contributed by atoms with Gasteiger partial charge in [0.2, 0.25) is 5.91 Å². The Hall–Kier alpha value is -1.14. The van der Waals surface area contributed by atoms with Crippen molar-refractivity contribution in [1.29, 1.82) is 0 Å². The van der Waals surface area contributed by atoms with E-state index in [1.807, 2.05) is 6.92 Å². The van der Waals surface area contributed by atoms with Crippen LogP contribution in [0.1, 0.15) is 26.2 Å². The molecular weight excluding hydrogens is 238 g/mol. The van der Waals surface area contributed by atoms with Crippen LogP contribution in [0, 0.1) is 5.92 Å². The Morgan fingerprint density at radius 1 is 1.56 bits per heavy atom. The maximum Gasteiger partial charge on any atom is 0.326 e. The summed E-state index contributed by atoms with van der Waals surface area (Å²) in [5.74, 6) is -1.21. The second-order valence-electron chi connectivity index (χ2n) is 4.59. The lowest BCUT2D eigenvalue weighted by Crippen LogP contribution is -2.46. The van der Waals surface area contributed by atoms with Gasteiger partial charge in [-0.25, -0.2) is 4.79 Å². The van der Waals surface area contributed by atoms with Crippen molar-refractivity contribution in [3.05, 3.63) is 0 Å². The highest BCUT2D eigenvalue weighted by atomic mass is 16.5. The highest BCUT2D eigenvalue weighted by Gasteiger charge is 2.33. The standard InChI is InChI=1S/C12H21NO5/c1-8-5-7-18-10(8)11(14)13-9(12(15)16)4-3-6-17-2/h8-10H,3-7H2,1-2H3,(H,13,14)(H,15,16). The fourth-order valence-corrected chi connectivity index (χ4v) is 1.97. The highest BCUT2D eigenvalue weighted by molar-refractivity contribution is 5.86. The van der Waals surface area contributed by atoms with Crippen LogP contribution in [0.25, 0.3) is 0 Å². The number of carbonyl (C=O) groups excluding carboxylic acids is 1. The van der Waals surface area contributed by atoms with Gasteiger partial charge >= 0.3 is 5.97 Å². The summed E-state index contributed by atoms with van der Waals surface area (Å²) in [7, 11) is 1.56. The van der Waals surface area contributed by atoms with E-state index < -0.39 is 18.1 Å². The molecule has 3 atom stereocenters. The number of rotatable bonds is 7. The van der Waals surface area contributed by atoms with Gasteiger partial charge in [-0.05, 0) is 25.2 Å². The lowest BCUT2D eigenvalue weighted by Gasteiger charge is -2.19. The summed E-state index contributed by atoms with van der Waals surface area (Å²) in [6.45, 7) is 2.97. The second kappa shape index (κ2) is 7.33. The van der Waals surface area contributed by atoms with Crippen LogP contribution in [0.5, 0.6) is 0 Å². The third-order valence-corrected chi connectivity index (χ3v) is 3.10. The van der Waals surface area contributed by atoms with E-state index in [2.05, 4.69) is 5.32 Å². The van der Waals surface area contributed by atoms with Gasteiger partial charge in [0.05, 0.1) is 0 Å². The van der Waals surface area contributed by atoms with Crippen molar-refractivity contribution in [3.63, 3.8) is 0 Å². The predicted octanol–water partition coefficient (Wildman–Crippen LogP) is 0.407. The van der Waals surface area contributed by atoms with Crippen molar-refractivity contribution in [3.8, 4) is 0 Å². The molecule has 0 aromatic rings. The summed E-state index contributed by atoms with van der Waals surface area (Å²) in [5.41, 5.74) is 0. The number of aliphatic carboxylic acids is 1. The van der Waals surface area contributed by atoms with Gasteiger partial charge in [-0.15, -0.1) is 0 Å². The fraction of sp³-hybridized carbons (Fsp3) is 0.833. The highest BCUT2D eigenvalue weighted by Crippen LogP contribution is 2.20. The molecule has 0 saturated carbocycles. The normalized spacial score (nSPS) is 24.8. The molecular formula is C12H21NO5. The molecule has 1 saturated heterocycles. The van der Waals surface area contributed by atoms with Gasteiger partial charge in [-0.2, -0.15) is 0 Å². The Morgan fingerprint density at radius 2 is 2.28 bits per heavy atom. The van der Waals surface area contributed by atoms with Crippen LogP contribution < -0.4 is 5.32 Å². The number of nitrogens with one attached hydrogen (secondary N) is 1. The van der Waals surface area contributed by atoms with Gasteiger partial charge in [-0.1, -0.05) is 6.92 Å². The Bertz CT molecular complexity index is 294. The van der Waals surface area contributed by atoms with Crippen molar-refractivity contribution in [1.82, 2.24) is 5.32 Å². The van der Waals surface area contributed by atoms with E-state index in [1.165, 1.54) is 0 Å². The topological polar surface area (TPSA) is 84.9 Å². The van der Waals surface area contributed by atoms with Crippen molar-refractivity contribution < 1.29 is 24.2 Å². The van der Waals surface area contributed by atoms with Crippen molar-refractivity contribution in [2.75, 3.05) is 20.3 Å². The minimum Gasteiger partial charge on any atom is -0.480 e. The molecule has 0 aliphatic carbocycles. The van der Waals surface area contributed by atoms with Crippen LogP contribution in [0.15, 0.2) is 0 Å². The van der Waals surface area contributed by atoms with Crippen molar-refractivity contribution >= 4 is 11.9 Å². The number of methoxy groups -OCH3 is 1. The number of hydrogen-bond acceptors (Lipinski definition) is 4. The monoisotopic (exact) mass is 259 g/mol. The van der Waals surface area contributed by atoms with Gasteiger partial charge in [0, 0.05) is 20.3 Å². The molecule has 0 spiro atoms. The zero-order chi connectivity index (χ0) is 13.5. The molecule has 0 bridgehead atoms. The molecule has 2 N–H and O–H groups in total. The van der Waals surface area contributed by atoms with E-state index in [4.69, 9.17) is 14.6 Å². The maximum absolute atomic E-state index is 11.9. The number of carboxylic acids is 1. The fourth-order valence-electron chi connectivity index (χ4n) is 1.97. The Kier molecular flexibility index (Phi) is 6.07. The first kappa shape index (κ1) is 14.9. The van der Waals surface area contributed by atoms with Gasteiger partial charge in [0.25, 0.3) is 0 Å². The zero-order valence-corrected chi connectivity index (χ0v) is 10.8. The average molecular weight is 259 g/mol.